The third kappa shape index (κ3) is 3.13. The predicted octanol–water partition coefficient (Wildman–Crippen LogP) is 2.25. The summed E-state index contributed by atoms with van der Waals surface area (Å²) < 4.78 is 11.0. The molecular weight excluding hydrogens is 214 g/mol. The van der Waals surface area contributed by atoms with Crippen LogP contribution >= 0.6 is 0 Å². The number of methoxy groups -OCH3 is 1. The van der Waals surface area contributed by atoms with Crippen molar-refractivity contribution >= 4 is 0 Å². The maximum Gasteiger partial charge on any atom is 0.161 e. The van der Waals surface area contributed by atoms with E-state index in [0.29, 0.717) is 0 Å². The van der Waals surface area contributed by atoms with Crippen molar-refractivity contribution in [1.29, 1.82) is 0 Å². The molecule has 1 saturated heterocycles. The van der Waals surface area contributed by atoms with Crippen LogP contribution in [0.25, 0.3) is 0 Å². The molecule has 1 aromatic rings. The Hall–Kier alpha value is -1.22. The fourth-order valence-corrected chi connectivity index (χ4v) is 2.00. The van der Waals surface area contributed by atoms with Crippen molar-refractivity contribution in [3.63, 3.8) is 0 Å². The van der Waals surface area contributed by atoms with Crippen LogP contribution in [-0.2, 0) is 6.42 Å². The summed E-state index contributed by atoms with van der Waals surface area (Å²) in [6.45, 7) is 5.11. The molecule has 1 N–H and O–H groups in total. The maximum absolute atomic E-state index is 5.64. The largest absolute Gasteiger partial charge is 0.493 e. The smallest absolute Gasteiger partial charge is 0.161 e. The molecule has 1 aliphatic rings. The van der Waals surface area contributed by atoms with Gasteiger partial charge in [0.05, 0.1) is 13.7 Å². The van der Waals surface area contributed by atoms with E-state index >= 15 is 0 Å². The normalized spacial score (nSPS) is 15.4. The number of hydrogen-bond donors (Lipinski definition) is 1. The van der Waals surface area contributed by atoms with E-state index in [1.165, 1.54) is 5.56 Å². The Morgan fingerprint density at radius 2 is 2.12 bits per heavy atom. The predicted molar refractivity (Wildman–Crippen MR) is 68.8 cm³/mol. The van der Waals surface area contributed by atoms with Gasteiger partial charge in [-0.2, -0.15) is 0 Å². The van der Waals surface area contributed by atoms with Gasteiger partial charge < -0.3 is 14.8 Å². The van der Waals surface area contributed by atoms with Crippen LogP contribution in [0.15, 0.2) is 18.2 Å². The van der Waals surface area contributed by atoms with E-state index < -0.39 is 0 Å². The highest BCUT2D eigenvalue weighted by Gasteiger charge is 2.17. The summed E-state index contributed by atoms with van der Waals surface area (Å²) in [4.78, 5) is 0. The first kappa shape index (κ1) is 12.2. The first-order valence-corrected chi connectivity index (χ1v) is 6.34. The zero-order valence-corrected chi connectivity index (χ0v) is 10.7. The minimum Gasteiger partial charge on any atom is -0.493 e. The van der Waals surface area contributed by atoms with E-state index in [0.717, 1.165) is 50.0 Å². The molecule has 0 saturated carbocycles. The molecule has 17 heavy (non-hydrogen) atoms. The lowest BCUT2D eigenvalue weighted by atomic mass is 9.94. The van der Waals surface area contributed by atoms with Crippen LogP contribution in [0.3, 0.4) is 0 Å². The molecule has 2 rings (SSSR count). The van der Waals surface area contributed by atoms with Crippen LogP contribution in [0.4, 0.5) is 0 Å². The van der Waals surface area contributed by atoms with Crippen LogP contribution in [0.5, 0.6) is 11.5 Å². The first-order chi connectivity index (χ1) is 8.33. The zero-order valence-electron chi connectivity index (χ0n) is 10.7. The highest BCUT2D eigenvalue weighted by molar-refractivity contribution is 5.43. The minimum atomic E-state index is 0.738. The van der Waals surface area contributed by atoms with Gasteiger partial charge >= 0.3 is 0 Å². The summed E-state index contributed by atoms with van der Waals surface area (Å²) in [6.07, 6.45) is 2.13. The zero-order chi connectivity index (χ0) is 12.1. The Labute approximate surface area is 103 Å². The van der Waals surface area contributed by atoms with Crippen LogP contribution in [0.2, 0.25) is 0 Å². The standard InChI is InChI=1S/C14H21NO2/c1-3-6-17-13-5-4-11(8-14(13)16-2)7-12-9-15-10-12/h4-5,8,12,15H,3,6-7,9-10H2,1-2H3. The van der Waals surface area contributed by atoms with E-state index in [1.807, 2.05) is 6.07 Å². The van der Waals surface area contributed by atoms with Crippen molar-refractivity contribution in [3.8, 4) is 11.5 Å². The summed E-state index contributed by atoms with van der Waals surface area (Å²) in [5.41, 5.74) is 1.33. The average Bonchev–Trinajstić information content (AvgIpc) is 2.31. The number of rotatable bonds is 6. The fourth-order valence-electron chi connectivity index (χ4n) is 2.00. The van der Waals surface area contributed by atoms with Crippen molar-refractivity contribution < 1.29 is 9.47 Å². The second-order valence-corrected chi connectivity index (χ2v) is 4.56. The van der Waals surface area contributed by atoms with Crippen LogP contribution in [-0.4, -0.2) is 26.8 Å². The van der Waals surface area contributed by atoms with Gasteiger partial charge in [0.15, 0.2) is 11.5 Å². The summed E-state index contributed by atoms with van der Waals surface area (Å²) in [7, 11) is 1.70. The third-order valence-electron chi connectivity index (χ3n) is 3.08. The second-order valence-electron chi connectivity index (χ2n) is 4.56. The minimum absolute atomic E-state index is 0.738. The number of benzene rings is 1. The molecule has 3 nitrogen and oxygen atoms in total. The lowest BCUT2D eigenvalue weighted by Crippen LogP contribution is -2.43. The van der Waals surface area contributed by atoms with Crippen molar-refractivity contribution in [2.24, 2.45) is 5.92 Å². The van der Waals surface area contributed by atoms with E-state index in [9.17, 15) is 0 Å². The number of hydrogen-bond acceptors (Lipinski definition) is 3. The maximum atomic E-state index is 5.64. The van der Waals surface area contributed by atoms with Gasteiger partial charge in [-0.05, 0) is 49.5 Å². The van der Waals surface area contributed by atoms with Crippen molar-refractivity contribution in [2.75, 3.05) is 26.8 Å². The summed E-state index contributed by atoms with van der Waals surface area (Å²) in [5.74, 6) is 2.48. The molecule has 1 heterocycles. The van der Waals surface area contributed by atoms with Gasteiger partial charge in [-0.3, -0.25) is 0 Å². The SMILES string of the molecule is CCCOc1ccc(CC2CNC2)cc1OC. The molecule has 0 aliphatic carbocycles. The van der Waals surface area contributed by atoms with Gasteiger partial charge in [-0.1, -0.05) is 13.0 Å². The Morgan fingerprint density at radius 3 is 2.71 bits per heavy atom. The summed E-state index contributed by atoms with van der Waals surface area (Å²) in [6, 6.07) is 6.27. The topological polar surface area (TPSA) is 30.5 Å². The summed E-state index contributed by atoms with van der Waals surface area (Å²) >= 11 is 0. The quantitative estimate of drug-likeness (QED) is 0.820. The monoisotopic (exact) mass is 235 g/mol. The molecular formula is C14H21NO2. The molecule has 1 aliphatic heterocycles. The van der Waals surface area contributed by atoms with Gasteiger partial charge in [0.1, 0.15) is 0 Å². The Kier molecular flexibility index (Phi) is 4.26. The van der Waals surface area contributed by atoms with Gasteiger partial charge in [0.2, 0.25) is 0 Å². The van der Waals surface area contributed by atoms with E-state index in [4.69, 9.17) is 9.47 Å². The van der Waals surface area contributed by atoms with Crippen LogP contribution in [0, 0.1) is 5.92 Å². The molecule has 0 amide bonds. The van der Waals surface area contributed by atoms with Crippen LogP contribution < -0.4 is 14.8 Å². The number of ether oxygens (including phenoxy) is 2. The Morgan fingerprint density at radius 1 is 1.29 bits per heavy atom. The highest BCUT2D eigenvalue weighted by Crippen LogP contribution is 2.29. The average molecular weight is 235 g/mol. The summed E-state index contributed by atoms with van der Waals surface area (Å²) in [5, 5.41) is 3.29. The van der Waals surface area contributed by atoms with Crippen LogP contribution in [0.1, 0.15) is 18.9 Å². The van der Waals surface area contributed by atoms with E-state index in [-0.39, 0.29) is 0 Å². The Bertz CT molecular complexity index is 361. The van der Waals surface area contributed by atoms with Gasteiger partial charge in [0.25, 0.3) is 0 Å². The number of nitrogens with one attached hydrogen (secondary N) is 1. The third-order valence-corrected chi connectivity index (χ3v) is 3.08. The molecule has 0 aromatic heterocycles. The first-order valence-electron chi connectivity index (χ1n) is 6.34. The van der Waals surface area contributed by atoms with Crippen molar-refractivity contribution in [2.45, 2.75) is 19.8 Å². The molecule has 0 bridgehead atoms. The van der Waals surface area contributed by atoms with Gasteiger partial charge in [-0.25, -0.2) is 0 Å². The van der Waals surface area contributed by atoms with Crippen molar-refractivity contribution in [1.82, 2.24) is 5.32 Å². The van der Waals surface area contributed by atoms with Gasteiger partial charge in [0, 0.05) is 0 Å². The lowest BCUT2D eigenvalue weighted by Gasteiger charge is -2.27. The molecule has 94 valence electrons. The molecule has 0 radical (unpaired) electrons. The van der Waals surface area contributed by atoms with Gasteiger partial charge in [-0.15, -0.1) is 0 Å². The second kappa shape index (κ2) is 5.92. The molecule has 1 fully saturated rings. The Balaban J connectivity index is 2.03. The fraction of sp³-hybridized carbons (Fsp3) is 0.571. The highest BCUT2D eigenvalue weighted by atomic mass is 16.5. The lowest BCUT2D eigenvalue weighted by molar-refractivity contribution is 0.293. The van der Waals surface area contributed by atoms with E-state index in [1.54, 1.807) is 7.11 Å². The molecule has 0 atom stereocenters. The molecule has 3 heteroatoms. The van der Waals surface area contributed by atoms with E-state index in [2.05, 4.69) is 24.4 Å². The van der Waals surface area contributed by atoms with Crippen molar-refractivity contribution in [3.05, 3.63) is 23.8 Å². The molecule has 1 aromatic carbocycles. The molecule has 0 spiro atoms. The molecule has 0 unspecified atom stereocenters.